The summed E-state index contributed by atoms with van der Waals surface area (Å²) in [6.07, 6.45) is 5.34. The second kappa shape index (κ2) is 17.4. The summed E-state index contributed by atoms with van der Waals surface area (Å²) < 4.78 is 5.32. The average Bonchev–Trinajstić information content (AvgIpc) is 2.99. The minimum Gasteiger partial charge on any atom is -0.480 e. The maximum atomic E-state index is 13.3. The van der Waals surface area contributed by atoms with Gasteiger partial charge in [0.1, 0.15) is 18.7 Å². The lowest BCUT2D eigenvalue weighted by Gasteiger charge is -2.27. The van der Waals surface area contributed by atoms with E-state index in [4.69, 9.17) is 16.3 Å². The van der Waals surface area contributed by atoms with Crippen LogP contribution >= 0.6 is 11.6 Å². The van der Waals surface area contributed by atoms with E-state index in [1.807, 2.05) is 37.3 Å². The van der Waals surface area contributed by atoms with Crippen LogP contribution in [-0.4, -0.2) is 59.1 Å². The molecule has 3 amide bonds. The van der Waals surface area contributed by atoms with Gasteiger partial charge in [0.05, 0.1) is 0 Å². The Balaban J connectivity index is 1.57. The van der Waals surface area contributed by atoms with Gasteiger partial charge in [-0.25, -0.2) is 9.59 Å². The van der Waals surface area contributed by atoms with Crippen molar-refractivity contribution in [3.05, 3.63) is 70.7 Å². The van der Waals surface area contributed by atoms with Crippen LogP contribution in [-0.2, 0) is 32.1 Å². The predicted molar refractivity (Wildman–Crippen MR) is 161 cm³/mol. The number of alkyl carbamates (subject to hydrolysis) is 1. The molecular weight excluding hydrogens is 558 g/mol. The predicted octanol–water partition coefficient (Wildman–Crippen LogP) is 5.35. The number of ether oxygens (including phenoxy) is 1. The summed E-state index contributed by atoms with van der Waals surface area (Å²) in [5.74, 6) is -1.77. The third kappa shape index (κ3) is 11.4. The van der Waals surface area contributed by atoms with Crippen LogP contribution in [0, 0.1) is 5.92 Å². The number of carbonyl (C=O) groups is 4. The number of hydrogen-bond donors (Lipinski definition) is 3. The summed E-state index contributed by atoms with van der Waals surface area (Å²) >= 11 is 6.00. The number of carboxylic acid groups (broad SMARTS) is 1. The Morgan fingerprint density at radius 2 is 1.69 bits per heavy atom. The third-order valence-electron chi connectivity index (χ3n) is 7.67. The molecule has 3 rings (SSSR count). The fourth-order valence-corrected chi connectivity index (χ4v) is 5.48. The first-order valence-electron chi connectivity index (χ1n) is 14.8. The molecule has 2 aromatic rings. The fourth-order valence-electron chi connectivity index (χ4n) is 5.27. The summed E-state index contributed by atoms with van der Waals surface area (Å²) in [4.78, 5) is 52.6. The van der Waals surface area contributed by atoms with Gasteiger partial charge in [-0.2, -0.15) is 0 Å². The maximum absolute atomic E-state index is 13.3. The summed E-state index contributed by atoms with van der Waals surface area (Å²) in [7, 11) is 0. The van der Waals surface area contributed by atoms with E-state index < -0.39 is 30.1 Å². The van der Waals surface area contributed by atoms with E-state index in [0.717, 1.165) is 37.7 Å². The Bertz CT molecular complexity index is 1170. The summed E-state index contributed by atoms with van der Waals surface area (Å²) in [6.45, 7) is 2.88. The molecule has 3 N–H and O–H groups in total. The monoisotopic (exact) mass is 599 g/mol. The van der Waals surface area contributed by atoms with Crippen LogP contribution in [0.5, 0.6) is 0 Å². The Morgan fingerprint density at radius 3 is 2.36 bits per heavy atom. The first kappa shape index (κ1) is 32.9. The van der Waals surface area contributed by atoms with Gasteiger partial charge >= 0.3 is 12.1 Å². The van der Waals surface area contributed by atoms with Crippen molar-refractivity contribution in [2.45, 2.75) is 83.4 Å². The topological polar surface area (TPSA) is 125 Å². The Morgan fingerprint density at radius 1 is 0.976 bits per heavy atom. The lowest BCUT2D eigenvalue weighted by atomic mass is 9.84. The highest BCUT2D eigenvalue weighted by atomic mass is 35.5. The number of hydrogen-bond acceptors (Lipinski definition) is 5. The number of rotatable bonds is 15. The summed E-state index contributed by atoms with van der Waals surface area (Å²) in [6, 6.07) is 14.5. The molecule has 0 unspecified atom stereocenters. The van der Waals surface area contributed by atoms with Crippen LogP contribution in [0.1, 0.15) is 69.4 Å². The van der Waals surface area contributed by atoms with E-state index in [2.05, 4.69) is 10.6 Å². The quantitative estimate of drug-likeness (QED) is 0.254. The molecule has 0 heterocycles. The fraction of sp³-hybridized carbons (Fsp3) is 0.500. The molecule has 9 nitrogen and oxygen atoms in total. The smallest absolute Gasteiger partial charge is 0.408 e. The van der Waals surface area contributed by atoms with Crippen molar-refractivity contribution in [2.75, 3.05) is 13.1 Å². The first-order valence-corrected chi connectivity index (χ1v) is 15.2. The number of carbonyl (C=O) groups excluding carboxylic acids is 3. The number of nitrogens with one attached hydrogen (secondary N) is 2. The standard InChI is InChI=1S/C32H42ClN3O6/c1-2-36(19-18-23-10-5-3-6-11-23)29(37)17-16-27(31(39)40)34-30(38)28(21-24-12-7-4-8-13-24)35-32(41)42-22-25-14-9-15-26(33)20-25/h3,5-6,9-11,14-15,20,24,27-28H,2,4,7-8,12-13,16-19,21-22H2,1H3,(H,34,38)(H,35,41)(H,39,40)/t27-,28-/m0/s1. The lowest BCUT2D eigenvalue weighted by molar-refractivity contribution is -0.142. The molecule has 1 aliphatic rings. The van der Waals surface area contributed by atoms with Crippen molar-refractivity contribution in [2.24, 2.45) is 5.92 Å². The Hall–Kier alpha value is -3.59. The highest BCUT2D eigenvalue weighted by molar-refractivity contribution is 6.30. The van der Waals surface area contributed by atoms with Crippen molar-refractivity contribution in [1.82, 2.24) is 15.5 Å². The molecule has 0 aromatic heterocycles. The highest BCUT2D eigenvalue weighted by Gasteiger charge is 2.30. The number of nitrogens with zero attached hydrogens (tertiary/aromatic N) is 1. The zero-order valence-corrected chi connectivity index (χ0v) is 25.0. The second-order valence-corrected chi connectivity index (χ2v) is 11.2. The lowest BCUT2D eigenvalue weighted by Crippen LogP contribution is -2.52. The minimum atomic E-state index is -1.27. The largest absolute Gasteiger partial charge is 0.480 e. The summed E-state index contributed by atoms with van der Waals surface area (Å²) in [5.41, 5.74) is 1.81. The van der Waals surface area contributed by atoms with E-state index in [0.29, 0.717) is 36.5 Å². The van der Waals surface area contributed by atoms with Crippen molar-refractivity contribution in [3.8, 4) is 0 Å². The van der Waals surface area contributed by atoms with Gasteiger partial charge in [0.2, 0.25) is 11.8 Å². The molecule has 0 saturated heterocycles. The molecule has 10 heteroatoms. The van der Waals surface area contributed by atoms with E-state index in [1.165, 1.54) is 0 Å². The van der Waals surface area contributed by atoms with Crippen molar-refractivity contribution in [1.29, 1.82) is 0 Å². The molecule has 228 valence electrons. The molecule has 0 spiro atoms. The molecule has 42 heavy (non-hydrogen) atoms. The second-order valence-electron chi connectivity index (χ2n) is 10.8. The van der Waals surface area contributed by atoms with Crippen LogP contribution < -0.4 is 10.6 Å². The van der Waals surface area contributed by atoms with Crippen molar-refractivity contribution < 1.29 is 29.0 Å². The Labute approximate surface area is 252 Å². The number of benzene rings is 2. The highest BCUT2D eigenvalue weighted by Crippen LogP contribution is 2.27. The van der Waals surface area contributed by atoms with E-state index in [9.17, 15) is 24.3 Å². The Kier molecular flexibility index (Phi) is 13.6. The number of amides is 3. The zero-order valence-electron chi connectivity index (χ0n) is 24.2. The normalized spacial score (nSPS) is 14.8. The number of carboxylic acids is 1. The van der Waals surface area contributed by atoms with Gasteiger partial charge in [0.25, 0.3) is 0 Å². The SMILES string of the molecule is CCN(CCc1ccccc1)C(=O)CC[C@H](NC(=O)[C@H](CC1CCCCC1)NC(=O)OCc1cccc(Cl)c1)C(=O)O. The average molecular weight is 600 g/mol. The van der Waals surface area contributed by atoms with Crippen LogP contribution in [0.3, 0.4) is 0 Å². The molecule has 1 saturated carbocycles. The third-order valence-corrected chi connectivity index (χ3v) is 7.91. The van der Waals surface area contributed by atoms with E-state index >= 15 is 0 Å². The van der Waals surface area contributed by atoms with Gasteiger partial charge in [-0.05, 0) is 55.4 Å². The molecule has 0 bridgehead atoms. The van der Waals surface area contributed by atoms with Crippen molar-refractivity contribution >= 4 is 35.5 Å². The van der Waals surface area contributed by atoms with Gasteiger partial charge in [-0.3, -0.25) is 9.59 Å². The molecule has 1 aliphatic carbocycles. The number of aliphatic carboxylic acids is 1. The van der Waals surface area contributed by atoms with Crippen molar-refractivity contribution in [3.63, 3.8) is 0 Å². The van der Waals surface area contributed by atoms with Gasteiger partial charge < -0.3 is 25.4 Å². The minimum absolute atomic E-state index is 0.0255. The first-order chi connectivity index (χ1) is 20.2. The van der Waals surface area contributed by atoms with E-state index in [1.54, 1.807) is 29.2 Å². The van der Waals surface area contributed by atoms with Gasteiger partial charge in [0.15, 0.2) is 0 Å². The number of halogens is 1. The van der Waals surface area contributed by atoms with Crippen LogP contribution in [0.25, 0.3) is 0 Å². The molecule has 0 radical (unpaired) electrons. The zero-order chi connectivity index (χ0) is 30.3. The van der Waals surface area contributed by atoms with Gasteiger partial charge in [-0.1, -0.05) is 86.2 Å². The maximum Gasteiger partial charge on any atom is 0.408 e. The van der Waals surface area contributed by atoms with Gasteiger partial charge in [0, 0.05) is 24.5 Å². The molecule has 2 atom stereocenters. The molecule has 2 aromatic carbocycles. The molecular formula is C32H42ClN3O6. The molecule has 1 fully saturated rings. The van der Waals surface area contributed by atoms with Crippen LogP contribution in [0.2, 0.25) is 5.02 Å². The van der Waals surface area contributed by atoms with E-state index in [-0.39, 0.29) is 31.3 Å². The summed E-state index contributed by atoms with van der Waals surface area (Å²) in [5, 5.41) is 15.6. The molecule has 0 aliphatic heterocycles. The number of likely N-dealkylation sites (N-methyl/N-ethyl adjacent to an activating group) is 1. The van der Waals surface area contributed by atoms with Gasteiger partial charge in [-0.15, -0.1) is 0 Å². The van der Waals surface area contributed by atoms with Crippen LogP contribution in [0.15, 0.2) is 54.6 Å². The van der Waals surface area contributed by atoms with Crippen LogP contribution in [0.4, 0.5) is 4.79 Å².